The summed E-state index contributed by atoms with van der Waals surface area (Å²) >= 11 is 0. The van der Waals surface area contributed by atoms with E-state index in [-0.39, 0.29) is 17.7 Å². The van der Waals surface area contributed by atoms with Gasteiger partial charge in [0.05, 0.1) is 5.92 Å². The molecule has 1 unspecified atom stereocenters. The lowest BCUT2D eigenvalue weighted by Crippen LogP contribution is -2.49. The Morgan fingerprint density at radius 3 is 2.54 bits per heavy atom. The van der Waals surface area contributed by atoms with Crippen LogP contribution in [0.4, 0.5) is 0 Å². The third kappa shape index (κ3) is 5.56. The van der Waals surface area contributed by atoms with E-state index in [0.29, 0.717) is 26.2 Å². The zero-order valence-electron chi connectivity index (χ0n) is 16.4. The molecule has 0 radical (unpaired) electrons. The Balaban J connectivity index is 2.07. The summed E-state index contributed by atoms with van der Waals surface area (Å²) in [4.78, 5) is 29.6. The third-order valence-corrected chi connectivity index (χ3v) is 4.86. The molecule has 1 saturated heterocycles. The van der Waals surface area contributed by atoms with Crippen molar-refractivity contribution in [1.29, 1.82) is 0 Å². The van der Waals surface area contributed by atoms with Gasteiger partial charge in [0.2, 0.25) is 11.8 Å². The summed E-state index contributed by atoms with van der Waals surface area (Å²) in [5.74, 6) is 0.164. The molecule has 1 aliphatic heterocycles. The van der Waals surface area contributed by atoms with Gasteiger partial charge in [0.1, 0.15) is 0 Å². The van der Waals surface area contributed by atoms with Crippen LogP contribution >= 0.6 is 0 Å². The van der Waals surface area contributed by atoms with E-state index in [2.05, 4.69) is 0 Å². The summed E-state index contributed by atoms with van der Waals surface area (Å²) < 4.78 is 0. The standard InChI is InChI=1S/C21H33N3O2/c1-21(2,3)20(26)24-13-7-11-18(16-24)19(25)23(14-8-12-22)15-17-9-5-4-6-10-17/h4-6,9-10,18H,7-8,11-16,22H2,1-3H3. The van der Waals surface area contributed by atoms with Gasteiger partial charge in [0.25, 0.3) is 0 Å². The van der Waals surface area contributed by atoms with E-state index in [4.69, 9.17) is 5.73 Å². The number of nitrogens with zero attached hydrogens (tertiary/aromatic N) is 2. The average molecular weight is 360 g/mol. The van der Waals surface area contributed by atoms with Gasteiger partial charge in [-0.1, -0.05) is 51.1 Å². The molecule has 2 rings (SSSR count). The predicted molar refractivity (Wildman–Crippen MR) is 104 cm³/mol. The fraction of sp³-hybridized carbons (Fsp3) is 0.619. The van der Waals surface area contributed by atoms with Crippen LogP contribution in [0, 0.1) is 11.3 Å². The smallest absolute Gasteiger partial charge is 0.227 e. The third-order valence-electron chi connectivity index (χ3n) is 4.86. The quantitative estimate of drug-likeness (QED) is 0.849. The molecule has 1 fully saturated rings. The lowest BCUT2D eigenvalue weighted by atomic mass is 9.90. The Hall–Kier alpha value is -1.88. The number of piperidine rings is 1. The van der Waals surface area contributed by atoms with E-state index in [9.17, 15) is 9.59 Å². The Labute approximate surface area is 157 Å². The summed E-state index contributed by atoms with van der Waals surface area (Å²) in [5.41, 5.74) is 6.38. The molecule has 2 amide bonds. The largest absolute Gasteiger partial charge is 0.341 e. The van der Waals surface area contributed by atoms with Crippen LogP contribution < -0.4 is 5.73 Å². The van der Waals surface area contributed by atoms with E-state index < -0.39 is 5.41 Å². The van der Waals surface area contributed by atoms with E-state index in [0.717, 1.165) is 31.4 Å². The van der Waals surface area contributed by atoms with Crippen molar-refractivity contribution in [3.05, 3.63) is 35.9 Å². The molecule has 1 aliphatic rings. The second kappa shape index (κ2) is 9.17. The first-order chi connectivity index (χ1) is 12.3. The highest BCUT2D eigenvalue weighted by molar-refractivity contribution is 5.84. The van der Waals surface area contributed by atoms with Gasteiger partial charge in [-0.25, -0.2) is 0 Å². The maximum atomic E-state index is 13.2. The van der Waals surface area contributed by atoms with Crippen LogP contribution in [-0.2, 0) is 16.1 Å². The van der Waals surface area contributed by atoms with Gasteiger partial charge in [0, 0.05) is 31.6 Å². The molecule has 5 nitrogen and oxygen atoms in total. The van der Waals surface area contributed by atoms with E-state index in [1.165, 1.54) is 0 Å². The highest BCUT2D eigenvalue weighted by atomic mass is 16.2. The topological polar surface area (TPSA) is 66.6 Å². The number of carbonyl (C=O) groups excluding carboxylic acids is 2. The zero-order valence-corrected chi connectivity index (χ0v) is 16.4. The average Bonchev–Trinajstić information content (AvgIpc) is 2.64. The van der Waals surface area contributed by atoms with Gasteiger partial charge in [-0.15, -0.1) is 0 Å². The van der Waals surface area contributed by atoms with Gasteiger partial charge in [-0.05, 0) is 31.4 Å². The van der Waals surface area contributed by atoms with Crippen LogP contribution in [0.3, 0.4) is 0 Å². The van der Waals surface area contributed by atoms with Crippen molar-refractivity contribution in [3.63, 3.8) is 0 Å². The molecule has 0 aliphatic carbocycles. The molecular weight excluding hydrogens is 326 g/mol. The van der Waals surface area contributed by atoms with E-state index in [1.54, 1.807) is 0 Å². The summed E-state index contributed by atoms with van der Waals surface area (Å²) in [5, 5.41) is 0. The second-order valence-corrected chi connectivity index (χ2v) is 8.23. The fourth-order valence-corrected chi connectivity index (χ4v) is 3.45. The monoisotopic (exact) mass is 359 g/mol. The van der Waals surface area contributed by atoms with Gasteiger partial charge in [-0.2, -0.15) is 0 Å². The first-order valence-electron chi connectivity index (χ1n) is 9.65. The molecule has 1 heterocycles. The highest BCUT2D eigenvalue weighted by Gasteiger charge is 2.34. The van der Waals surface area contributed by atoms with Crippen LogP contribution in [0.15, 0.2) is 30.3 Å². The lowest BCUT2D eigenvalue weighted by Gasteiger charge is -2.37. The van der Waals surface area contributed by atoms with Crippen LogP contribution in [0.1, 0.15) is 45.6 Å². The minimum Gasteiger partial charge on any atom is -0.341 e. The molecular formula is C21H33N3O2. The minimum atomic E-state index is -0.409. The van der Waals surface area contributed by atoms with E-state index >= 15 is 0 Å². The number of rotatable bonds is 6. The number of nitrogens with two attached hydrogens (primary N) is 1. The number of amides is 2. The fourth-order valence-electron chi connectivity index (χ4n) is 3.45. The van der Waals surface area contributed by atoms with Gasteiger partial charge in [0.15, 0.2) is 0 Å². The maximum absolute atomic E-state index is 13.2. The molecule has 1 atom stereocenters. The van der Waals surface area contributed by atoms with Crippen molar-refractivity contribution >= 4 is 11.8 Å². The Morgan fingerprint density at radius 2 is 1.92 bits per heavy atom. The Kier molecular flexibility index (Phi) is 7.21. The van der Waals surface area contributed by atoms with E-state index in [1.807, 2.05) is 60.9 Å². The second-order valence-electron chi connectivity index (χ2n) is 8.23. The Morgan fingerprint density at radius 1 is 1.23 bits per heavy atom. The van der Waals surface area contributed by atoms with Gasteiger partial charge >= 0.3 is 0 Å². The van der Waals surface area contributed by atoms with Crippen molar-refractivity contribution in [3.8, 4) is 0 Å². The van der Waals surface area contributed by atoms with Crippen molar-refractivity contribution in [2.75, 3.05) is 26.2 Å². The van der Waals surface area contributed by atoms with Gasteiger partial charge < -0.3 is 15.5 Å². The van der Waals surface area contributed by atoms with Gasteiger partial charge in [-0.3, -0.25) is 9.59 Å². The number of carbonyl (C=O) groups is 2. The predicted octanol–water partition coefficient (Wildman–Crippen LogP) is 2.65. The molecule has 0 saturated carbocycles. The van der Waals surface area contributed by atoms with Crippen molar-refractivity contribution in [2.45, 2.75) is 46.6 Å². The summed E-state index contributed by atoms with van der Waals surface area (Å²) in [6, 6.07) is 10.0. The first kappa shape index (κ1) is 20.4. The molecule has 144 valence electrons. The minimum absolute atomic E-state index is 0.114. The number of benzene rings is 1. The van der Waals surface area contributed by atoms with Crippen LogP contribution in [0.2, 0.25) is 0 Å². The van der Waals surface area contributed by atoms with Crippen LogP contribution in [0.5, 0.6) is 0 Å². The molecule has 0 bridgehead atoms. The van der Waals surface area contributed by atoms with Crippen LogP contribution in [-0.4, -0.2) is 47.8 Å². The SMILES string of the molecule is CC(C)(C)C(=O)N1CCCC(C(=O)N(CCCN)Cc2ccccc2)C1. The molecule has 1 aromatic rings. The zero-order chi connectivity index (χ0) is 19.2. The van der Waals surface area contributed by atoms with Crippen LogP contribution in [0.25, 0.3) is 0 Å². The molecule has 0 aromatic heterocycles. The summed E-state index contributed by atoms with van der Waals surface area (Å²) in [6.07, 6.45) is 2.52. The summed E-state index contributed by atoms with van der Waals surface area (Å²) in [6.45, 7) is 8.91. The molecule has 0 spiro atoms. The van der Waals surface area contributed by atoms with Crippen molar-refractivity contribution in [2.24, 2.45) is 17.1 Å². The number of hydrogen-bond acceptors (Lipinski definition) is 3. The van der Waals surface area contributed by atoms with Crippen molar-refractivity contribution in [1.82, 2.24) is 9.80 Å². The highest BCUT2D eigenvalue weighted by Crippen LogP contribution is 2.25. The maximum Gasteiger partial charge on any atom is 0.227 e. The molecule has 5 heteroatoms. The number of likely N-dealkylation sites (tertiary alicyclic amines) is 1. The molecule has 1 aromatic carbocycles. The Bertz CT molecular complexity index is 595. The number of hydrogen-bond donors (Lipinski definition) is 1. The first-order valence-corrected chi connectivity index (χ1v) is 9.65. The van der Waals surface area contributed by atoms with Crippen molar-refractivity contribution < 1.29 is 9.59 Å². The molecule has 26 heavy (non-hydrogen) atoms. The lowest BCUT2D eigenvalue weighted by molar-refractivity contribution is -0.145. The molecule has 2 N–H and O–H groups in total. The normalized spacial score (nSPS) is 17.8. The summed E-state index contributed by atoms with van der Waals surface area (Å²) in [7, 11) is 0.